The van der Waals surface area contributed by atoms with E-state index in [4.69, 9.17) is 10.5 Å². The number of aryl methyl sites for hydroxylation is 2. The summed E-state index contributed by atoms with van der Waals surface area (Å²) < 4.78 is 7.26. The number of morpholine rings is 1. The largest absolute Gasteiger partial charge is 0.379 e. The molecule has 1 saturated heterocycles. The molecule has 1 aliphatic rings. The van der Waals surface area contributed by atoms with E-state index < -0.39 is 0 Å². The molecule has 24 heavy (non-hydrogen) atoms. The molecule has 0 amide bonds. The number of hydrogen-bond donors (Lipinski definition) is 2. The van der Waals surface area contributed by atoms with Gasteiger partial charge in [0.25, 0.3) is 0 Å². The van der Waals surface area contributed by atoms with Crippen LogP contribution in [-0.4, -0.2) is 66.6 Å². The van der Waals surface area contributed by atoms with E-state index in [1.165, 1.54) is 11.3 Å². The van der Waals surface area contributed by atoms with E-state index in [-0.39, 0.29) is 24.0 Å². The van der Waals surface area contributed by atoms with Crippen LogP contribution in [0.5, 0.6) is 0 Å². The predicted octanol–water partition coefficient (Wildman–Crippen LogP) is 0.824. The Labute approximate surface area is 162 Å². The van der Waals surface area contributed by atoms with Gasteiger partial charge in [0.05, 0.1) is 18.9 Å². The Hall–Kier alpha value is -0.870. The van der Waals surface area contributed by atoms with Crippen molar-refractivity contribution in [1.29, 1.82) is 0 Å². The Bertz CT molecular complexity index is 525. The number of guanidine groups is 1. The van der Waals surface area contributed by atoms with Crippen molar-refractivity contribution in [2.45, 2.75) is 26.7 Å². The van der Waals surface area contributed by atoms with Gasteiger partial charge in [-0.3, -0.25) is 14.6 Å². The molecule has 7 nitrogen and oxygen atoms in total. The predicted molar refractivity (Wildman–Crippen MR) is 108 cm³/mol. The van der Waals surface area contributed by atoms with Crippen LogP contribution >= 0.6 is 24.0 Å². The third-order valence-electron chi connectivity index (χ3n) is 4.36. The van der Waals surface area contributed by atoms with Crippen molar-refractivity contribution in [3.05, 3.63) is 17.0 Å². The molecule has 2 rings (SSSR count). The van der Waals surface area contributed by atoms with Crippen LogP contribution in [0.1, 0.15) is 23.4 Å². The van der Waals surface area contributed by atoms with E-state index in [2.05, 4.69) is 27.2 Å². The number of hydrogen-bond acceptors (Lipinski definition) is 4. The van der Waals surface area contributed by atoms with Crippen LogP contribution in [0.2, 0.25) is 0 Å². The maximum atomic E-state index is 5.92. The summed E-state index contributed by atoms with van der Waals surface area (Å²) in [6.45, 7) is 10.5. The summed E-state index contributed by atoms with van der Waals surface area (Å²) in [4.78, 5) is 6.81. The number of rotatable bonds is 7. The smallest absolute Gasteiger partial charge is 0.188 e. The monoisotopic (exact) mass is 450 g/mol. The minimum absolute atomic E-state index is 0. The minimum atomic E-state index is 0. The van der Waals surface area contributed by atoms with Gasteiger partial charge in [0.1, 0.15) is 0 Å². The molecule has 0 bridgehead atoms. The molecule has 0 aliphatic carbocycles. The highest BCUT2D eigenvalue weighted by molar-refractivity contribution is 14.0. The molecule has 0 aromatic carbocycles. The van der Waals surface area contributed by atoms with E-state index in [1.54, 1.807) is 0 Å². The van der Waals surface area contributed by atoms with Crippen molar-refractivity contribution in [3.63, 3.8) is 0 Å². The van der Waals surface area contributed by atoms with Crippen molar-refractivity contribution < 1.29 is 4.74 Å². The van der Waals surface area contributed by atoms with Crippen molar-refractivity contribution in [2.75, 3.05) is 45.9 Å². The summed E-state index contributed by atoms with van der Waals surface area (Å²) in [7, 11) is 1.98. The molecular formula is C16H31IN6O. The fourth-order valence-corrected chi connectivity index (χ4v) is 2.87. The molecule has 0 radical (unpaired) electrons. The van der Waals surface area contributed by atoms with Gasteiger partial charge in [-0.15, -0.1) is 24.0 Å². The van der Waals surface area contributed by atoms with Gasteiger partial charge in [-0.05, 0) is 32.3 Å². The van der Waals surface area contributed by atoms with Gasteiger partial charge in [-0.2, -0.15) is 5.10 Å². The number of aliphatic imine (C=N–C) groups is 1. The molecule has 3 N–H and O–H groups in total. The van der Waals surface area contributed by atoms with Crippen molar-refractivity contribution in [3.8, 4) is 0 Å². The first-order chi connectivity index (χ1) is 11.1. The minimum Gasteiger partial charge on any atom is -0.379 e. The number of nitrogens with two attached hydrogens (primary N) is 1. The first-order valence-corrected chi connectivity index (χ1v) is 8.41. The van der Waals surface area contributed by atoms with Gasteiger partial charge in [0.15, 0.2) is 5.96 Å². The lowest BCUT2D eigenvalue weighted by molar-refractivity contribution is 0.0377. The summed E-state index contributed by atoms with van der Waals surface area (Å²) >= 11 is 0. The Kier molecular flexibility index (Phi) is 9.60. The highest BCUT2D eigenvalue weighted by atomic mass is 127. The van der Waals surface area contributed by atoms with Crippen molar-refractivity contribution >= 4 is 29.9 Å². The number of ether oxygens (including phenoxy) is 1. The molecule has 1 aliphatic heterocycles. The van der Waals surface area contributed by atoms with Crippen LogP contribution in [0.25, 0.3) is 0 Å². The average Bonchev–Trinajstić information content (AvgIpc) is 2.79. The molecule has 0 saturated carbocycles. The van der Waals surface area contributed by atoms with Gasteiger partial charge < -0.3 is 15.8 Å². The lowest BCUT2D eigenvalue weighted by atomic mass is 10.1. The standard InChI is InChI=1S/C16H30N6O.HI/c1-13-15(14(2)21(3)20-13)5-7-19-16(17)18-6-4-8-22-9-11-23-12-10-22;/h4-12H2,1-3H3,(H3,17,18,19);1H. The van der Waals surface area contributed by atoms with E-state index in [0.717, 1.165) is 64.5 Å². The zero-order chi connectivity index (χ0) is 16.7. The maximum absolute atomic E-state index is 5.92. The first-order valence-electron chi connectivity index (χ1n) is 8.41. The molecule has 0 atom stereocenters. The van der Waals surface area contributed by atoms with Crippen LogP contribution in [0.3, 0.4) is 0 Å². The summed E-state index contributed by atoms with van der Waals surface area (Å²) in [5.74, 6) is 0.533. The molecular weight excluding hydrogens is 419 g/mol. The van der Waals surface area contributed by atoms with Gasteiger partial charge in [-0.25, -0.2) is 0 Å². The number of halogens is 1. The molecule has 1 aromatic heterocycles. The topological polar surface area (TPSA) is 80.7 Å². The normalized spacial score (nSPS) is 16.0. The highest BCUT2D eigenvalue weighted by Crippen LogP contribution is 2.11. The molecule has 0 unspecified atom stereocenters. The summed E-state index contributed by atoms with van der Waals surface area (Å²) in [6, 6.07) is 0. The summed E-state index contributed by atoms with van der Waals surface area (Å²) in [5, 5.41) is 7.62. The van der Waals surface area contributed by atoms with E-state index in [1.807, 2.05) is 18.7 Å². The van der Waals surface area contributed by atoms with Crippen molar-refractivity contribution in [2.24, 2.45) is 17.8 Å². The van der Waals surface area contributed by atoms with Crippen LogP contribution in [0, 0.1) is 13.8 Å². The lowest BCUT2D eigenvalue weighted by Gasteiger charge is -2.26. The van der Waals surface area contributed by atoms with Gasteiger partial charge >= 0.3 is 0 Å². The molecule has 0 spiro atoms. The van der Waals surface area contributed by atoms with Gasteiger partial charge in [-0.1, -0.05) is 0 Å². The Morgan fingerprint density at radius 3 is 2.67 bits per heavy atom. The summed E-state index contributed by atoms with van der Waals surface area (Å²) in [6.07, 6.45) is 1.94. The van der Waals surface area contributed by atoms with Gasteiger partial charge in [0, 0.05) is 45.5 Å². The molecule has 8 heteroatoms. The quantitative estimate of drug-likeness (QED) is 0.278. The first kappa shape index (κ1) is 21.2. The lowest BCUT2D eigenvalue weighted by Crippen LogP contribution is -2.37. The second-order valence-electron chi connectivity index (χ2n) is 6.02. The third kappa shape index (κ3) is 6.56. The SMILES string of the molecule is Cc1nn(C)c(C)c1CCNC(N)=NCCCN1CCOCC1.I. The third-order valence-corrected chi connectivity index (χ3v) is 4.36. The van der Waals surface area contributed by atoms with E-state index in [0.29, 0.717) is 5.96 Å². The zero-order valence-electron chi connectivity index (χ0n) is 15.0. The number of nitrogens with zero attached hydrogens (tertiary/aromatic N) is 4. The summed E-state index contributed by atoms with van der Waals surface area (Å²) in [5.41, 5.74) is 9.52. The second-order valence-corrected chi connectivity index (χ2v) is 6.02. The zero-order valence-corrected chi connectivity index (χ0v) is 17.4. The molecule has 2 heterocycles. The van der Waals surface area contributed by atoms with E-state index >= 15 is 0 Å². The Balaban J connectivity index is 0.00000288. The number of nitrogens with one attached hydrogen (secondary N) is 1. The fraction of sp³-hybridized carbons (Fsp3) is 0.750. The van der Waals surface area contributed by atoms with Crippen LogP contribution in [0.15, 0.2) is 4.99 Å². The van der Waals surface area contributed by atoms with Crippen LogP contribution in [0.4, 0.5) is 0 Å². The van der Waals surface area contributed by atoms with Crippen LogP contribution < -0.4 is 11.1 Å². The molecule has 1 aromatic rings. The molecule has 1 fully saturated rings. The highest BCUT2D eigenvalue weighted by Gasteiger charge is 2.09. The van der Waals surface area contributed by atoms with Crippen LogP contribution in [-0.2, 0) is 18.2 Å². The van der Waals surface area contributed by atoms with Gasteiger partial charge in [0.2, 0.25) is 0 Å². The molecule has 138 valence electrons. The van der Waals surface area contributed by atoms with Crippen molar-refractivity contribution in [1.82, 2.24) is 20.0 Å². The Morgan fingerprint density at radius 2 is 2.04 bits per heavy atom. The Morgan fingerprint density at radius 1 is 1.33 bits per heavy atom. The average molecular weight is 450 g/mol. The fourth-order valence-electron chi connectivity index (χ4n) is 2.87. The second kappa shape index (κ2) is 10.9. The number of aromatic nitrogens is 2. The maximum Gasteiger partial charge on any atom is 0.188 e. The van der Waals surface area contributed by atoms with E-state index in [9.17, 15) is 0 Å².